The molecule has 84 valence electrons. The molecule has 1 fully saturated rings. The van der Waals surface area contributed by atoms with Gasteiger partial charge in [0.05, 0.1) is 6.61 Å². The fourth-order valence-electron chi connectivity index (χ4n) is 2.34. The van der Waals surface area contributed by atoms with Crippen molar-refractivity contribution in [1.82, 2.24) is 0 Å². The molecule has 0 amide bonds. The van der Waals surface area contributed by atoms with E-state index in [1.54, 1.807) is 11.8 Å². The average Bonchev–Trinajstić information content (AvgIpc) is 2.57. The molecule has 0 spiro atoms. The van der Waals surface area contributed by atoms with E-state index in [4.69, 9.17) is 10.5 Å². The van der Waals surface area contributed by atoms with Crippen LogP contribution in [-0.2, 0) is 9.53 Å². The summed E-state index contributed by atoms with van der Waals surface area (Å²) in [7, 11) is 0. The van der Waals surface area contributed by atoms with Gasteiger partial charge in [0.15, 0.2) is 0 Å². The smallest absolute Gasteiger partial charge is 0.346 e. The Kier molecular flexibility index (Phi) is 3.24. The van der Waals surface area contributed by atoms with Gasteiger partial charge in [-0.1, -0.05) is 12.8 Å². The zero-order valence-corrected chi connectivity index (χ0v) is 9.81. The van der Waals surface area contributed by atoms with Crippen molar-refractivity contribution in [3.8, 4) is 0 Å². The molecule has 4 heteroatoms. The van der Waals surface area contributed by atoms with E-state index in [2.05, 4.69) is 0 Å². The lowest BCUT2D eigenvalue weighted by Gasteiger charge is -2.24. The van der Waals surface area contributed by atoms with Crippen molar-refractivity contribution >= 4 is 17.7 Å². The van der Waals surface area contributed by atoms with E-state index in [1.165, 1.54) is 19.3 Å². The maximum Gasteiger partial charge on any atom is 0.346 e. The van der Waals surface area contributed by atoms with Crippen molar-refractivity contribution in [3.63, 3.8) is 0 Å². The van der Waals surface area contributed by atoms with Crippen LogP contribution in [0.5, 0.6) is 0 Å². The second-order valence-electron chi connectivity index (χ2n) is 4.05. The molecule has 3 nitrogen and oxygen atoms in total. The summed E-state index contributed by atoms with van der Waals surface area (Å²) < 4.78 is 5.00. The lowest BCUT2D eigenvalue weighted by molar-refractivity contribution is -0.137. The third-order valence-electron chi connectivity index (χ3n) is 3.09. The molecular weight excluding hydrogens is 210 g/mol. The Balaban J connectivity index is 2.11. The second-order valence-corrected chi connectivity index (χ2v) is 5.30. The van der Waals surface area contributed by atoms with Gasteiger partial charge in [0, 0.05) is 16.9 Å². The Labute approximate surface area is 94.4 Å². The van der Waals surface area contributed by atoms with Gasteiger partial charge in [-0.05, 0) is 19.8 Å². The lowest BCUT2D eigenvalue weighted by atomic mass is 9.86. The molecule has 1 aliphatic heterocycles. The van der Waals surface area contributed by atoms with Crippen LogP contribution in [0.25, 0.3) is 0 Å². The lowest BCUT2D eigenvalue weighted by Crippen LogP contribution is -2.22. The number of thioether (sulfide) groups is 1. The number of hydrogen-bond acceptors (Lipinski definition) is 4. The van der Waals surface area contributed by atoms with E-state index < -0.39 is 0 Å². The van der Waals surface area contributed by atoms with Crippen LogP contribution in [0, 0.1) is 5.92 Å². The van der Waals surface area contributed by atoms with E-state index in [0.29, 0.717) is 22.7 Å². The second kappa shape index (κ2) is 4.47. The van der Waals surface area contributed by atoms with Crippen molar-refractivity contribution in [2.45, 2.75) is 37.9 Å². The summed E-state index contributed by atoms with van der Waals surface area (Å²) in [6.45, 7) is 2.24. The number of rotatable bonds is 2. The minimum atomic E-state index is -0.227. The molecule has 1 heterocycles. The number of allylic oxidation sites excluding steroid dienone is 1. The van der Waals surface area contributed by atoms with E-state index in [-0.39, 0.29) is 5.97 Å². The number of hydrogen-bond donors (Lipinski definition) is 1. The fraction of sp³-hybridized carbons (Fsp3) is 0.727. The van der Waals surface area contributed by atoms with Crippen LogP contribution in [0.3, 0.4) is 0 Å². The van der Waals surface area contributed by atoms with Gasteiger partial charge in [0.25, 0.3) is 0 Å². The van der Waals surface area contributed by atoms with E-state index in [9.17, 15) is 4.79 Å². The Bertz CT molecular complexity index is 301. The van der Waals surface area contributed by atoms with E-state index in [1.807, 2.05) is 6.92 Å². The third kappa shape index (κ3) is 2.00. The molecule has 0 saturated heterocycles. The van der Waals surface area contributed by atoms with Gasteiger partial charge < -0.3 is 10.5 Å². The first kappa shape index (κ1) is 10.9. The van der Waals surface area contributed by atoms with Crippen LogP contribution in [0.2, 0.25) is 0 Å². The normalized spacial score (nSPS) is 30.2. The van der Waals surface area contributed by atoms with Gasteiger partial charge in [-0.3, -0.25) is 0 Å². The monoisotopic (exact) mass is 227 g/mol. The maximum atomic E-state index is 11.6. The number of nitrogens with two attached hydrogens (primary N) is 1. The number of fused-ring (bicyclic) bond motifs is 1. The molecule has 0 aromatic heterocycles. The molecular formula is C11H17NO2S. The molecule has 1 aliphatic carbocycles. The van der Waals surface area contributed by atoms with Gasteiger partial charge in [-0.2, -0.15) is 0 Å². The highest BCUT2D eigenvalue weighted by Gasteiger charge is 2.38. The Morgan fingerprint density at radius 2 is 2.27 bits per heavy atom. The van der Waals surface area contributed by atoms with Crippen LogP contribution >= 0.6 is 11.8 Å². The molecule has 0 radical (unpaired) electrons. The van der Waals surface area contributed by atoms with E-state index in [0.717, 1.165) is 12.1 Å². The summed E-state index contributed by atoms with van der Waals surface area (Å²) >= 11 is 1.63. The van der Waals surface area contributed by atoms with Crippen LogP contribution in [0.15, 0.2) is 10.6 Å². The molecule has 0 bridgehead atoms. The summed E-state index contributed by atoms with van der Waals surface area (Å²) in [6, 6.07) is 0. The summed E-state index contributed by atoms with van der Waals surface area (Å²) in [5.41, 5.74) is 6.80. The van der Waals surface area contributed by atoms with Crippen molar-refractivity contribution < 1.29 is 9.53 Å². The summed E-state index contributed by atoms with van der Waals surface area (Å²) in [4.78, 5) is 12.3. The van der Waals surface area contributed by atoms with Gasteiger partial charge in [-0.15, -0.1) is 11.8 Å². The van der Waals surface area contributed by atoms with Crippen molar-refractivity contribution in [3.05, 3.63) is 10.6 Å². The van der Waals surface area contributed by atoms with Gasteiger partial charge in [-0.25, -0.2) is 4.79 Å². The number of carbonyl (C=O) groups excluding carboxylic acids is 1. The van der Waals surface area contributed by atoms with E-state index >= 15 is 0 Å². The molecule has 0 aromatic rings. The standard InChI is InChI=1S/C11H17NO2S/c1-2-14-11(13)10-9(12)7-5-3-4-6-8(7)15-10/h7-8H,2-6,12H2,1H3. The molecule has 2 aliphatic rings. The molecule has 15 heavy (non-hydrogen) atoms. The maximum absolute atomic E-state index is 11.6. The predicted molar refractivity (Wildman–Crippen MR) is 61.2 cm³/mol. The van der Waals surface area contributed by atoms with Crippen LogP contribution in [-0.4, -0.2) is 17.8 Å². The quantitative estimate of drug-likeness (QED) is 0.733. The van der Waals surface area contributed by atoms with Crippen molar-refractivity contribution in [2.75, 3.05) is 6.61 Å². The van der Waals surface area contributed by atoms with Gasteiger partial charge >= 0.3 is 5.97 Å². The summed E-state index contributed by atoms with van der Waals surface area (Å²) in [5, 5.41) is 0.526. The zero-order valence-electron chi connectivity index (χ0n) is 8.99. The number of ether oxygens (including phenoxy) is 1. The highest BCUT2D eigenvalue weighted by Crippen LogP contribution is 2.47. The molecule has 1 saturated carbocycles. The van der Waals surface area contributed by atoms with Crippen molar-refractivity contribution in [2.24, 2.45) is 11.7 Å². The number of esters is 1. The highest BCUT2D eigenvalue weighted by molar-refractivity contribution is 8.04. The first-order chi connectivity index (χ1) is 7.24. The predicted octanol–water partition coefficient (Wildman–Crippen LogP) is 2.03. The molecule has 2 N–H and O–H groups in total. The van der Waals surface area contributed by atoms with Gasteiger partial charge in [0.2, 0.25) is 0 Å². The number of carbonyl (C=O) groups is 1. The topological polar surface area (TPSA) is 52.3 Å². The highest BCUT2D eigenvalue weighted by atomic mass is 32.2. The third-order valence-corrected chi connectivity index (χ3v) is 4.60. The first-order valence-electron chi connectivity index (χ1n) is 5.57. The van der Waals surface area contributed by atoms with Crippen LogP contribution < -0.4 is 5.73 Å². The Morgan fingerprint density at radius 3 is 2.93 bits per heavy atom. The van der Waals surface area contributed by atoms with Crippen LogP contribution in [0.4, 0.5) is 0 Å². The minimum absolute atomic E-state index is 0.227. The largest absolute Gasteiger partial charge is 0.462 e. The average molecular weight is 227 g/mol. The summed E-state index contributed by atoms with van der Waals surface area (Å²) in [6.07, 6.45) is 4.81. The first-order valence-corrected chi connectivity index (χ1v) is 6.45. The SMILES string of the molecule is CCOC(=O)C1=C(N)C2CCCCC2S1. The van der Waals surface area contributed by atoms with Gasteiger partial charge in [0.1, 0.15) is 4.91 Å². The Morgan fingerprint density at radius 1 is 1.53 bits per heavy atom. The molecule has 2 unspecified atom stereocenters. The molecule has 0 aromatic carbocycles. The summed E-state index contributed by atoms with van der Waals surface area (Å²) in [5.74, 6) is 0.192. The zero-order chi connectivity index (χ0) is 10.8. The van der Waals surface area contributed by atoms with Crippen molar-refractivity contribution in [1.29, 1.82) is 0 Å². The molecule has 2 atom stereocenters. The fourth-order valence-corrected chi connectivity index (χ4v) is 3.82. The van der Waals surface area contributed by atoms with Crippen LogP contribution in [0.1, 0.15) is 32.6 Å². The molecule has 2 rings (SSSR count). The Hall–Kier alpha value is -0.640. The minimum Gasteiger partial charge on any atom is -0.462 e.